The van der Waals surface area contributed by atoms with Crippen LogP contribution in [-0.4, -0.2) is 25.9 Å². The zero-order chi connectivity index (χ0) is 11.5. The van der Waals surface area contributed by atoms with Crippen molar-refractivity contribution >= 4 is 23.5 Å². The number of rotatable bonds is 0. The molecular weight excluding hydrogens is 250 g/mol. The fourth-order valence-electron chi connectivity index (χ4n) is 2.67. The highest BCUT2D eigenvalue weighted by Gasteiger charge is 2.25. The summed E-state index contributed by atoms with van der Waals surface area (Å²) in [5, 5.41) is 15.2. The van der Waals surface area contributed by atoms with Crippen LogP contribution in [0.5, 0.6) is 0 Å². The number of fused-ring (bicyclic) bond motifs is 4. The fourth-order valence-corrected chi connectivity index (χ4v) is 5.15. The lowest BCUT2D eigenvalue weighted by Gasteiger charge is -2.24. The summed E-state index contributed by atoms with van der Waals surface area (Å²) in [5.41, 5.74) is 0. The molecule has 5 heteroatoms. The van der Waals surface area contributed by atoms with Crippen molar-refractivity contribution in [2.45, 2.75) is 71.9 Å². The van der Waals surface area contributed by atoms with Gasteiger partial charge >= 0.3 is 0 Å². The lowest BCUT2D eigenvalue weighted by atomic mass is 10.0. The van der Waals surface area contributed by atoms with Crippen LogP contribution >= 0.6 is 23.5 Å². The largest absolute Gasteiger partial charge is 0.196 e. The van der Waals surface area contributed by atoms with Crippen molar-refractivity contribution in [3.8, 4) is 0 Å². The smallest absolute Gasteiger partial charge is 0.152 e. The van der Waals surface area contributed by atoms with Gasteiger partial charge in [-0.25, -0.2) is 0 Å². The van der Waals surface area contributed by atoms with Crippen LogP contribution in [0, 0.1) is 0 Å². The molecule has 0 amide bonds. The van der Waals surface area contributed by atoms with Crippen molar-refractivity contribution in [2.75, 3.05) is 0 Å². The van der Waals surface area contributed by atoms with E-state index < -0.39 is 0 Å². The van der Waals surface area contributed by atoms with Gasteiger partial charge in [-0.05, 0) is 25.7 Å². The van der Waals surface area contributed by atoms with E-state index in [1.165, 1.54) is 51.4 Å². The highest BCUT2D eigenvalue weighted by Crippen LogP contribution is 2.41. The standard InChI is InChI=1S/C12H19N3S2/c1-2-4-6-10-8-7-9(5-3-1)16-11-12(17-10)14-15-13-11/h9-10H,1-8H2,(H,13,14,15). The second kappa shape index (κ2) is 5.65. The summed E-state index contributed by atoms with van der Waals surface area (Å²) >= 11 is 3.90. The molecule has 2 aliphatic rings. The summed E-state index contributed by atoms with van der Waals surface area (Å²) in [6.45, 7) is 0. The van der Waals surface area contributed by atoms with Gasteiger partial charge in [-0.2, -0.15) is 5.21 Å². The summed E-state index contributed by atoms with van der Waals surface area (Å²) in [6.07, 6.45) is 11.0. The molecule has 0 radical (unpaired) electrons. The van der Waals surface area contributed by atoms with Crippen LogP contribution in [0.2, 0.25) is 0 Å². The predicted molar refractivity (Wildman–Crippen MR) is 72.6 cm³/mol. The number of aromatic nitrogens is 3. The lowest BCUT2D eigenvalue weighted by Crippen LogP contribution is -2.13. The molecule has 0 spiro atoms. The molecule has 1 N–H and O–H groups in total. The number of hydrogen-bond donors (Lipinski definition) is 1. The molecule has 3 nitrogen and oxygen atoms in total. The summed E-state index contributed by atoms with van der Waals surface area (Å²) < 4.78 is 0. The number of nitrogens with one attached hydrogen (secondary N) is 1. The average molecular weight is 269 g/mol. The molecule has 1 aromatic rings. The number of aromatic amines is 1. The Hall–Kier alpha value is -0.160. The van der Waals surface area contributed by atoms with Gasteiger partial charge in [0, 0.05) is 10.5 Å². The Bertz CT molecular complexity index is 334. The van der Waals surface area contributed by atoms with Crippen molar-refractivity contribution in [3.05, 3.63) is 0 Å². The minimum Gasteiger partial charge on any atom is -0.196 e. The first-order valence-corrected chi connectivity index (χ1v) is 8.42. The minimum atomic E-state index is 0.764. The van der Waals surface area contributed by atoms with Gasteiger partial charge in [0.25, 0.3) is 0 Å². The van der Waals surface area contributed by atoms with Crippen LogP contribution in [-0.2, 0) is 0 Å². The molecule has 2 bridgehead atoms. The lowest BCUT2D eigenvalue weighted by molar-refractivity contribution is 0.516. The number of H-pyrrole nitrogens is 1. The Balaban J connectivity index is 1.82. The van der Waals surface area contributed by atoms with Gasteiger partial charge in [-0.1, -0.05) is 49.2 Å². The summed E-state index contributed by atoms with van der Waals surface area (Å²) in [4.78, 5) is 0. The first kappa shape index (κ1) is 11.9. The summed E-state index contributed by atoms with van der Waals surface area (Å²) in [7, 11) is 0. The van der Waals surface area contributed by atoms with Crippen LogP contribution in [0.4, 0.5) is 0 Å². The molecule has 0 aromatic carbocycles. The Morgan fingerprint density at radius 1 is 0.765 bits per heavy atom. The van der Waals surface area contributed by atoms with E-state index in [9.17, 15) is 0 Å². The predicted octanol–water partition coefficient (Wildman–Crippen LogP) is 3.87. The molecule has 94 valence electrons. The van der Waals surface area contributed by atoms with Gasteiger partial charge in [0.1, 0.15) is 0 Å². The molecule has 2 unspecified atom stereocenters. The quantitative estimate of drug-likeness (QED) is 0.776. The first-order chi connectivity index (χ1) is 8.42. The Morgan fingerprint density at radius 3 is 1.82 bits per heavy atom. The molecule has 1 saturated carbocycles. The van der Waals surface area contributed by atoms with Gasteiger partial charge in [-0.15, -0.1) is 10.2 Å². The second-order valence-corrected chi connectivity index (χ2v) is 7.56. The van der Waals surface area contributed by atoms with Crippen molar-refractivity contribution in [1.29, 1.82) is 0 Å². The second-order valence-electron chi connectivity index (χ2n) is 4.98. The molecule has 17 heavy (non-hydrogen) atoms. The van der Waals surface area contributed by atoms with Crippen LogP contribution in [0.3, 0.4) is 0 Å². The van der Waals surface area contributed by atoms with E-state index in [1.807, 2.05) is 23.5 Å². The zero-order valence-electron chi connectivity index (χ0n) is 10.0. The molecule has 1 fully saturated rings. The highest BCUT2D eigenvalue weighted by atomic mass is 32.2. The normalized spacial score (nSPS) is 30.4. The maximum Gasteiger partial charge on any atom is 0.152 e. The van der Waals surface area contributed by atoms with E-state index in [2.05, 4.69) is 15.4 Å². The van der Waals surface area contributed by atoms with Gasteiger partial charge in [0.15, 0.2) is 10.1 Å². The summed E-state index contributed by atoms with van der Waals surface area (Å²) in [6, 6.07) is 0. The van der Waals surface area contributed by atoms with Gasteiger partial charge < -0.3 is 0 Å². The highest BCUT2D eigenvalue weighted by molar-refractivity contribution is 8.02. The first-order valence-electron chi connectivity index (χ1n) is 6.66. The Morgan fingerprint density at radius 2 is 1.29 bits per heavy atom. The van der Waals surface area contributed by atoms with Crippen molar-refractivity contribution in [2.24, 2.45) is 0 Å². The van der Waals surface area contributed by atoms with E-state index in [4.69, 9.17) is 0 Å². The van der Waals surface area contributed by atoms with Crippen LogP contribution in [0.25, 0.3) is 0 Å². The van der Waals surface area contributed by atoms with Gasteiger partial charge in [0.05, 0.1) is 0 Å². The van der Waals surface area contributed by atoms with Gasteiger partial charge in [-0.3, -0.25) is 0 Å². The fraction of sp³-hybridized carbons (Fsp3) is 0.833. The van der Waals surface area contributed by atoms with Crippen LogP contribution in [0.1, 0.15) is 51.4 Å². The van der Waals surface area contributed by atoms with Crippen LogP contribution < -0.4 is 0 Å². The molecule has 1 aliphatic heterocycles. The van der Waals surface area contributed by atoms with Crippen LogP contribution in [0.15, 0.2) is 10.1 Å². The molecular formula is C12H19N3S2. The monoisotopic (exact) mass is 269 g/mol. The maximum atomic E-state index is 4.31. The van der Waals surface area contributed by atoms with E-state index in [0.29, 0.717) is 0 Å². The Labute approximate surface area is 111 Å². The molecule has 2 heterocycles. The molecule has 2 atom stereocenters. The Kier molecular flexibility index (Phi) is 3.96. The summed E-state index contributed by atoms with van der Waals surface area (Å²) in [5.74, 6) is 0. The van der Waals surface area contributed by atoms with Crippen molar-refractivity contribution < 1.29 is 0 Å². The van der Waals surface area contributed by atoms with Crippen molar-refractivity contribution in [1.82, 2.24) is 15.4 Å². The zero-order valence-corrected chi connectivity index (χ0v) is 11.7. The topological polar surface area (TPSA) is 41.6 Å². The van der Waals surface area contributed by atoms with Crippen molar-refractivity contribution in [3.63, 3.8) is 0 Å². The maximum absolute atomic E-state index is 4.31. The molecule has 1 aromatic heterocycles. The molecule has 3 rings (SSSR count). The van der Waals surface area contributed by atoms with E-state index in [0.717, 1.165) is 20.6 Å². The van der Waals surface area contributed by atoms with Gasteiger partial charge in [0.2, 0.25) is 0 Å². The third-order valence-electron chi connectivity index (χ3n) is 3.66. The number of nitrogens with zero attached hydrogens (tertiary/aromatic N) is 2. The van der Waals surface area contributed by atoms with E-state index in [1.54, 1.807) is 0 Å². The molecule has 1 aliphatic carbocycles. The SMILES string of the molecule is C1CCCC2CCC(CC1)Sc1n[nH]nc1S2. The number of thioether (sulfide) groups is 2. The number of hydrogen-bond acceptors (Lipinski definition) is 4. The third kappa shape index (κ3) is 2.99. The molecule has 0 saturated heterocycles. The van der Waals surface area contributed by atoms with E-state index in [-0.39, 0.29) is 0 Å². The minimum absolute atomic E-state index is 0.764. The van der Waals surface area contributed by atoms with E-state index >= 15 is 0 Å². The third-order valence-corrected chi connectivity index (χ3v) is 6.41. The average Bonchev–Trinajstić information content (AvgIpc) is 2.73.